The molecule has 0 saturated carbocycles. The molecule has 1 aromatic carbocycles. The average molecular weight is 314 g/mol. The van der Waals surface area contributed by atoms with Gasteiger partial charge >= 0.3 is 5.97 Å². The molecule has 19 heavy (non-hydrogen) atoms. The van der Waals surface area contributed by atoms with Crippen LogP contribution in [0.15, 0.2) is 34.5 Å². The average Bonchev–Trinajstić information content (AvgIpc) is 2.86. The van der Waals surface area contributed by atoms with Crippen LogP contribution in [0.1, 0.15) is 22.4 Å². The van der Waals surface area contributed by atoms with Crippen LogP contribution in [0.4, 0.5) is 0 Å². The van der Waals surface area contributed by atoms with Gasteiger partial charge in [-0.05, 0) is 25.1 Å². The highest BCUT2D eigenvalue weighted by Crippen LogP contribution is 2.26. The van der Waals surface area contributed by atoms with Gasteiger partial charge in [-0.3, -0.25) is 0 Å². The number of hydrogen-bond donors (Lipinski definition) is 0. The molecule has 2 rings (SSSR count). The first-order chi connectivity index (χ1) is 9.19. The Balaban J connectivity index is 1.95. The Morgan fingerprint density at radius 1 is 1.53 bits per heavy atom. The van der Waals surface area contributed by atoms with Gasteiger partial charge in [0.25, 0.3) is 0 Å². The number of hydrogen-bond acceptors (Lipinski definition) is 5. The predicted molar refractivity (Wildman–Crippen MR) is 79.1 cm³/mol. The molecule has 0 N–H and O–H groups in total. The molecule has 1 aromatic heterocycles. The molecule has 0 aliphatic carbocycles. The van der Waals surface area contributed by atoms with Crippen LogP contribution in [0.25, 0.3) is 0 Å². The van der Waals surface area contributed by atoms with Crippen molar-refractivity contribution in [2.24, 2.45) is 0 Å². The van der Waals surface area contributed by atoms with Crippen LogP contribution in [-0.2, 0) is 10.5 Å². The molecule has 0 aliphatic heterocycles. The number of halogens is 1. The van der Waals surface area contributed by atoms with Crippen molar-refractivity contribution in [3.05, 3.63) is 45.4 Å². The molecule has 0 amide bonds. The maximum atomic E-state index is 11.5. The summed E-state index contributed by atoms with van der Waals surface area (Å²) in [7, 11) is 0. The first-order valence-electron chi connectivity index (χ1n) is 5.69. The fourth-order valence-electron chi connectivity index (χ4n) is 1.38. The summed E-state index contributed by atoms with van der Waals surface area (Å²) in [4.78, 5) is 16.8. The number of thioether (sulfide) groups is 1. The molecule has 2 aromatic rings. The van der Waals surface area contributed by atoms with Gasteiger partial charge in [0.15, 0.2) is 5.69 Å². The zero-order valence-corrected chi connectivity index (χ0v) is 12.6. The summed E-state index contributed by atoms with van der Waals surface area (Å²) >= 11 is 9.02. The first-order valence-corrected chi connectivity index (χ1v) is 7.93. The van der Waals surface area contributed by atoms with Crippen molar-refractivity contribution in [2.75, 3.05) is 6.61 Å². The summed E-state index contributed by atoms with van der Waals surface area (Å²) in [6.07, 6.45) is 0. The zero-order chi connectivity index (χ0) is 13.7. The maximum absolute atomic E-state index is 11.5. The molecule has 0 fully saturated rings. The van der Waals surface area contributed by atoms with Crippen molar-refractivity contribution in [1.29, 1.82) is 0 Å². The van der Waals surface area contributed by atoms with E-state index in [4.69, 9.17) is 16.3 Å². The predicted octanol–water partition coefficient (Wildman–Crippen LogP) is 4.27. The topological polar surface area (TPSA) is 39.2 Å². The van der Waals surface area contributed by atoms with Crippen LogP contribution in [0, 0.1) is 0 Å². The lowest BCUT2D eigenvalue weighted by Crippen LogP contribution is -2.04. The second kappa shape index (κ2) is 6.93. The van der Waals surface area contributed by atoms with E-state index in [0.29, 0.717) is 18.1 Å². The maximum Gasteiger partial charge on any atom is 0.357 e. The van der Waals surface area contributed by atoms with Gasteiger partial charge in [0.2, 0.25) is 0 Å². The third-order valence-corrected chi connectivity index (χ3v) is 4.47. The molecular weight excluding hydrogens is 302 g/mol. The van der Waals surface area contributed by atoms with Gasteiger partial charge in [-0.25, -0.2) is 9.78 Å². The molecule has 1 heterocycles. The molecular formula is C13H12ClNO2S2. The lowest BCUT2D eigenvalue weighted by atomic mass is 10.4. The number of thiazole rings is 1. The Kier molecular flexibility index (Phi) is 5.24. The van der Waals surface area contributed by atoms with E-state index in [0.717, 1.165) is 14.9 Å². The van der Waals surface area contributed by atoms with Gasteiger partial charge < -0.3 is 4.74 Å². The normalized spacial score (nSPS) is 10.4. The van der Waals surface area contributed by atoms with Gasteiger partial charge in [0.1, 0.15) is 5.01 Å². The number of esters is 1. The van der Waals surface area contributed by atoms with Gasteiger partial charge in [-0.15, -0.1) is 23.1 Å². The fourth-order valence-corrected chi connectivity index (χ4v) is 3.37. The molecule has 0 atom stereocenters. The largest absolute Gasteiger partial charge is 0.461 e. The number of aromatic nitrogens is 1. The van der Waals surface area contributed by atoms with E-state index >= 15 is 0 Å². The van der Waals surface area contributed by atoms with E-state index in [1.165, 1.54) is 11.3 Å². The third kappa shape index (κ3) is 4.23. The second-order valence-electron chi connectivity index (χ2n) is 3.59. The number of nitrogens with zero attached hydrogens (tertiary/aromatic N) is 1. The van der Waals surface area contributed by atoms with Gasteiger partial charge in [-0.2, -0.15) is 0 Å². The Labute approximate surface area is 125 Å². The fraction of sp³-hybridized carbons (Fsp3) is 0.231. The van der Waals surface area contributed by atoms with Gasteiger partial charge in [-0.1, -0.05) is 17.7 Å². The van der Waals surface area contributed by atoms with E-state index in [1.54, 1.807) is 24.1 Å². The Morgan fingerprint density at radius 2 is 2.37 bits per heavy atom. The van der Waals surface area contributed by atoms with Crippen molar-refractivity contribution in [3.8, 4) is 0 Å². The molecule has 0 bridgehead atoms. The Morgan fingerprint density at radius 3 is 3.11 bits per heavy atom. The summed E-state index contributed by atoms with van der Waals surface area (Å²) < 4.78 is 4.90. The van der Waals surface area contributed by atoms with Crippen molar-refractivity contribution in [1.82, 2.24) is 4.98 Å². The molecule has 0 saturated heterocycles. The van der Waals surface area contributed by atoms with Crippen molar-refractivity contribution >= 4 is 40.7 Å². The van der Waals surface area contributed by atoms with Crippen LogP contribution in [0.3, 0.4) is 0 Å². The van der Waals surface area contributed by atoms with Crippen LogP contribution < -0.4 is 0 Å². The van der Waals surface area contributed by atoms with E-state index in [2.05, 4.69) is 4.98 Å². The lowest BCUT2D eigenvalue weighted by Gasteiger charge is -1.99. The van der Waals surface area contributed by atoms with Crippen LogP contribution in [-0.4, -0.2) is 17.6 Å². The Bertz CT molecular complexity index is 571. The highest BCUT2D eigenvalue weighted by molar-refractivity contribution is 7.98. The number of carbonyl (C=O) groups excluding carboxylic acids is 1. The smallest absolute Gasteiger partial charge is 0.357 e. The van der Waals surface area contributed by atoms with Crippen molar-refractivity contribution in [2.45, 2.75) is 17.6 Å². The zero-order valence-electron chi connectivity index (χ0n) is 10.3. The summed E-state index contributed by atoms with van der Waals surface area (Å²) in [6, 6.07) is 7.66. The van der Waals surface area contributed by atoms with Gasteiger partial charge in [0.05, 0.1) is 12.4 Å². The second-order valence-corrected chi connectivity index (χ2v) is 6.02. The standard InChI is InChI=1S/C13H12ClNO2S2/c1-2-17-13(16)11-7-19-12(15-11)8-18-10-5-3-4-9(14)6-10/h3-7H,2,8H2,1H3. The van der Waals surface area contributed by atoms with E-state index in [1.807, 2.05) is 24.3 Å². The lowest BCUT2D eigenvalue weighted by molar-refractivity contribution is 0.0520. The number of benzene rings is 1. The van der Waals surface area contributed by atoms with Crippen molar-refractivity contribution < 1.29 is 9.53 Å². The van der Waals surface area contributed by atoms with E-state index in [-0.39, 0.29) is 5.97 Å². The number of carbonyl (C=O) groups is 1. The molecule has 0 aliphatic rings. The van der Waals surface area contributed by atoms with Crippen molar-refractivity contribution in [3.63, 3.8) is 0 Å². The summed E-state index contributed by atoms with van der Waals surface area (Å²) in [5.41, 5.74) is 0.383. The van der Waals surface area contributed by atoms with E-state index in [9.17, 15) is 4.79 Å². The molecule has 0 unspecified atom stereocenters. The SMILES string of the molecule is CCOC(=O)c1csc(CSc2cccc(Cl)c2)n1. The van der Waals surface area contributed by atoms with Crippen LogP contribution >= 0.6 is 34.7 Å². The van der Waals surface area contributed by atoms with Gasteiger partial charge in [0, 0.05) is 15.3 Å². The monoisotopic (exact) mass is 313 g/mol. The molecule has 3 nitrogen and oxygen atoms in total. The number of rotatable bonds is 5. The minimum absolute atomic E-state index is 0.363. The molecule has 100 valence electrons. The van der Waals surface area contributed by atoms with Crippen LogP contribution in [0.5, 0.6) is 0 Å². The minimum atomic E-state index is -0.363. The summed E-state index contributed by atoms with van der Waals surface area (Å²) in [6.45, 7) is 2.14. The van der Waals surface area contributed by atoms with E-state index < -0.39 is 0 Å². The third-order valence-electron chi connectivity index (χ3n) is 2.19. The molecule has 0 radical (unpaired) electrons. The highest BCUT2D eigenvalue weighted by Gasteiger charge is 2.11. The highest BCUT2D eigenvalue weighted by atomic mass is 35.5. The van der Waals surface area contributed by atoms with Crippen LogP contribution in [0.2, 0.25) is 5.02 Å². The number of ether oxygens (including phenoxy) is 1. The Hall–Kier alpha value is -1.04. The summed E-state index contributed by atoms with van der Waals surface area (Å²) in [5.74, 6) is 0.350. The minimum Gasteiger partial charge on any atom is -0.461 e. The summed E-state index contributed by atoms with van der Waals surface area (Å²) in [5, 5.41) is 3.34. The molecule has 6 heteroatoms. The molecule has 0 spiro atoms. The quantitative estimate of drug-likeness (QED) is 0.610. The first kappa shape index (κ1) is 14.4.